The number of rotatable bonds is 7. The Bertz CT molecular complexity index is 1540. The van der Waals surface area contributed by atoms with Crippen LogP contribution in [0.2, 0.25) is 0 Å². The first-order valence-corrected chi connectivity index (χ1v) is 11.2. The average Bonchev–Trinajstić information content (AvgIpc) is 3.21. The van der Waals surface area contributed by atoms with Crippen molar-refractivity contribution in [3.8, 4) is 11.3 Å². The molecule has 0 aliphatic carbocycles. The molecule has 10 nitrogen and oxygen atoms in total. The van der Waals surface area contributed by atoms with Crippen molar-refractivity contribution in [2.24, 2.45) is 0 Å². The molecule has 4 aromatic rings. The van der Waals surface area contributed by atoms with Crippen LogP contribution in [0.3, 0.4) is 0 Å². The first-order valence-electron chi connectivity index (χ1n) is 11.2. The number of H-pyrrole nitrogens is 1. The molecule has 35 heavy (non-hydrogen) atoms. The number of amides is 1. The molecular formula is C24H25FN6O4. The molecule has 0 atom stereocenters. The van der Waals surface area contributed by atoms with Crippen LogP contribution in [0.5, 0.6) is 0 Å². The number of nitrogens with two attached hydrogens (primary N) is 1. The zero-order valence-corrected chi connectivity index (χ0v) is 19.6. The summed E-state index contributed by atoms with van der Waals surface area (Å²) in [6.07, 6.45) is 1.46. The van der Waals surface area contributed by atoms with Crippen LogP contribution in [0.25, 0.3) is 22.4 Å². The summed E-state index contributed by atoms with van der Waals surface area (Å²) in [5, 5.41) is 4.24. The first-order chi connectivity index (χ1) is 16.8. The molecule has 0 saturated carbocycles. The summed E-state index contributed by atoms with van der Waals surface area (Å²) >= 11 is 0. The van der Waals surface area contributed by atoms with Crippen LogP contribution in [0.4, 0.5) is 15.9 Å². The number of aromatic nitrogens is 4. The van der Waals surface area contributed by atoms with Crippen molar-refractivity contribution >= 4 is 28.5 Å². The summed E-state index contributed by atoms with van der Waals surface area (Å²) in [4.78, 5) is 46.8. The van der Waals surface area contributed by atoms with Crippen molar-refractivity contribution in [3.05, 3.63) is 68.2 Å². The Kier molecular flexibility index (Phi) is 6.50. The van der Waals surface area contributed by atoms with E-state index < -0.39 is 23.0 Å². The normalized spacial score (nSPS) is 11.2. The van der Waals surface area contributed by atoms with E-state index in [1.54, 1.807) is 26.0 Å². The van der Waals surface area contributed by atoms with Gasteiger partial charge in [-0.2, -0.15) is 0 Å². The summed E-state index contributed by atoms with van der Waals surface area (Å²) in [7, 11) is 0. The highest BCUT2D eigenvalue weighted by Crippen LogP contribution is 2.30. The molecule has 0 aliphatic heterocycles. The Morgan fingerprint density at radius 1 is 1.26 bits per heavy atom. The number of nitrogens with zero attached hydrogens (tertiary/aromatic N) is 4. The van der Waals surface area contributed by atoms with Crippen LogP contribution in [0.15, 0.2) is 44.4 Å². The average molecular weight is 481 g/mol. The van der Waals surface area contributed by atoms with Gasteiger partial charge in [-0.3, -0.25) is 19.1 Å². The van der Waals surface area contributed by atoms with E-state index in [1.165, 1.54) is 27.7 Å². The van der Waals surface area contributed by atoms with Gasteiger partial charge in [0.05, 0.1) is 22.3 Å². The van der Waals surface area contributed by atoms with Gasteiger partial charge in [0.2, 0.25) is 0 Å². The van der Waals surface area contributed by atoms with Crippen molar-refractivity contribution in [3.63, 3.8) is 0 Å². The van der Waals surface area contributed by atoms with Crippen LogP contribution >= 0.6 is 0 Å². The van der Waals surface area contributed by atoms with Gasteiger partial charge < -0.3 is 15.2 Å². The highest BCUT2D eigenvalue weighted by Gasteiger charge is 2.28. The molecule has 1 aromatic carbocycles. The fourth-order valence-electron chi connectivity index (χ4n) is 4.00. The monoisotopic (exact) mass is 480 g/mol. The second-order valence-electron chi connectivity index (χ2n) is 8.03. The molecule has 0 unspecified atom stereocenters. The van der Waals surface area contributed by atoms with Crippen molar-refractivity contribution < 1.29 is 13.7 Å². The maximum atomic E-state index is 14.5. The number of carbonyl (C=O) groups is 1. The van der Waals surface area contributed by atoms with Crippen LogP contribution in [0, 0.1) is 12.7 Å². The lowest BCUT2D eigenvalue weighted by atomic mass is 10.0. The van der Waals surface area contributed by atoms with Crippen molar-refractivity contribution in [2.75, 3.05) is 17.2 Å². The number of aryl methyl sites for hydroxylation is 1. The first kappa shape index (κ1) is 23.9. The topological polar surface area (TPSA) is 140 Å². The lowest BCUT2D eigenvalue weighted by molar-refractivity contribution is 0.0989. The van der Waals surface area contributed by atoms with E-state index in [0.717, 1.165) is 6.42 Å². The number of carbonyl (C=O) groups excluding carboxylic acids is 1. The quantitative estimate of drug-likeness (QED) is 0.414. The number of aromatic amines is 1. The van der Waals surface area contributed by atoms with E-state index in [2.05, 4.69) is 15.1 Å². The van der Waals surface area contributed by atoms with Crippen molar-refractivity contribution in [1.82, 2.24) is 19.7 Å². The molecule has 182 valence electrons. The van der Waals surface area contributed by atoms with Gasteiger partial charge in [0.15, 0.2) is 5.69 Å². The van der Waals surface area contributed by atoms with Crippen LogP contribution in [-0.2, 0) is 6.54 Å². The second-order valence-corrected chi connectivity index (χ2v) is 8.03. The van der Waals surface area contributed by atoms with Gasteiger partial charge in [-0.25, -0.2) is 14.2 Å². The van der Waals surface area contributed by atoms with E-state index in [-0.39, 0.29) is 40.6 Å². The summed E-state index contributed by atoms with van der Waals surface area (Å²) in [5.74, 6) is -1.23. The largest absolute Gasteiger partial charge is 0.383 e. The molecule has 3 aromatic heterocycles. The zero-order chi connectivity index (χ0) is 25.3. The molecule has 0 bridgehead atoms. The fourth-order valence-corrected chi connectivity index (χ4v) is 4.00. The Morgan fingerprint density at radius 2 is 2.00 bits per heavy atom. The third-order valence-electron chi connectivity index (χ3n) is 5.78. The summed E-state index contributed by atoms with van der Waals surface area (Å²) < 4.78 is 21.1. The number of nitrogens with one attached hydrogen (secondary N) is 1. The number of hydrogen-bond donors (Lipinski definition) is 2. The molecule has 0 radical (unpaired) electrons. The minimum atomic E-state index is -0.780. The third-order valence-corrected chi connectivity index (χ3v) is 5.78. The number of nitrogen functional groups attached to an aromatic ring is 1. The lowest BCUT2D eigenvalue weighted by Gasteiger charge is -2.23. The molecule has 0 fully saturated rings. The predicted molar refractivity (Wildman–Crippen MR) is 130 cm³/mol. The predicted octanol–water partition coefficient (Wildman–Crippen LogP) is 3.24. The molecule has 3 N–H and O–H groups in total. The minimum Gasteiger partial charge on any atom is -0.383 e. The molecule has 4 rings (SSSR count). The minimum absolute atomic E-state index is 0.0532. The molecule has 1 amide bonds. The Hall–Kier alpha value is -4.28. The van der Waals surface area contributed by atoms with Crippen molar-refractivity contribution in [1.29, 1.82) is 0 Å². The van der Waals surface area contributed by atoms with E-state index >= 15 is 0 Å². The maximum absolute atomic E-state index is 14.5. The lowest BCUT2D eigenvalue weighted by Crippen LogP contribution is -2.41. The van der Waals surface area contributed by atoms with Gasteiger partial charge in [0.1, 0.15) is 11.6 Å². The number of benzene rings is 1. The van der Waals surface area contributed by atoms with Gasteiger partial charge in [0, 0.05) is 18.7 Å². The molecule has 11 heteroatoms. The highest BCUT2D eigenvalue weighted by molar-refractivity contribution is 6.14. The van der Waals surface area contributed by atoms with E-state index in [0.29, 0.717) is 24.0 Å². The number of unbranched alkanes of at least 4 members (excludes halogenated alkanes) is 1. The van der Waals surface area contributed by atoms with Gasteiger partial charge in [0.25, 0.3) is 17.2 Å². The summed E-state index contributed by atoms with van der Waals surface area (Å²) in [6, 6.07) is 7.45. The summed E-state index contributed by atoms with van der Waals surface area (Å²) in [5.41, 5.74) is 5.58. The van der Waals surface area contributed by atoms with Gasteiger partial charge in [-0.05, 0) is 38.5 Å². The van der Waals surface area contributed by atoms with Gasteiger partial charge in [-0.15, -0.1) is 0 Å². The maximum Gasteiger partial charge on any atom is 0.330 e. The standard InChI is InChI=1S/C24H25FN6O4/c1-4-6-11-31-20(26)19(21(32)28-24(31)34)30(5-2)23(33)15-12-17(14-9-7-8-10-16(14)25)27-22-18(15)13(3)29-35-22/h7-10,12H,4-6,11,26H2,1-3H3,(H,28,32,34). The molecular weight excluding hydrogens is 455 g/mol. The third kappa shape index (κ3) is 4.20. The smallest absolute Gasteiger partial charge is 0.330 e. The number of hydrogen-bond acceptors (Lipinski definition) is 7. The number of pyridine rings is 1. The fraction of sp³-hybridized carbons (Fsp3) is 0.292. The van der Waals surface area contributed by atoms with E-state index in [1.807, 2.05) is 6.92 Å². The van der Waals surface area contributed by atoms with Gasteiger partial charge in [-0.1, -0.05) is 30.6 Å². The number of halogens is 1. The molecule has 0 saturated heterocycles. The SMILES string of the molecule is CCCCn1c(N)c(N(CC)C(=O)c2cc(-c3ccccc3F)nc3onc(C)c23)c(=O)[nH]c1=O. The Labute approximate surface area is 199 Å². The Morgan fingerprint density at radius 3 is 2.69 bits per heavy atom. The second kappa shape index (κ2) is 9.53. The molecule has 3 heterocycles. The highest BCUT2D eigenvalue weighted by atomic mass is 19.1. The van der Waals surface area contributed by atoms with E-state index in [9.17, 15) is 18.8 Å². The summed E-state index contributed by atoms with van der Waals surface area (Å²) in [6.45, 7) is 5.64. The molecule has 0 spiro atoms. The number of fused-ring (bicyclic) bond motifs is 1. The van der Waals surface area contributed by atoms with Crippen LogP contribution in [0.1, 0.15) is 42.7 Å². The van der Waals surface area contributed by atoms with Crippen LogP contribution < -0.4 is 21.9 Å². The van der Waals surface area contributed by atoms with Gasteiger partial charge >= 0.3 is 5.69 Å². The molecule has 0 aliphatic rings. The van der Waals surface area contributed by atoms with E-state index in [4.69, 9.17) is 10.3 Å². The zero-order valence-electron chi connectivity index (χ0n) is 19.6. The number of anilines is 2. The van der Waals surface area contributed by atoms with Crippen LogP contribution in [-0.4, -0.2) is 32.1 Å². The van der Waals surface area contributed by atoms with Crippen molar-refractivity contribution in [2.45, 2.75) is 40.2 Å². The Balaban J connectivity index is 1.92.